The van der Waals surface area contributed by atoms with E-state index >= 15 is 0 Å². The van der Waals surface area contributed by atoms with E-state index in [1.165, 1.54) is 0 Å². The standard InChI is InChI=1S/C2H2O4.H3N.Nb.H2O2/c3-1(4)2(5)6;;;1-2/h(H,3,4)(H,5,6);1H3;;1-2H. The largest absolute Gasteiger partial charge is 0.473 e. The van der Waals surface area contributed by atoms with Crippen LogP contribution in [0.2, 0.25) is 0 Å². The second-order valence-electron chi connectivity index (χ2n) is 0.610. The zero-order valence-electron chi connectivity index (χ0n) is 4.76. The van der Waals surface area contributed by atoms with Gasteiger partial charge in [-0.3, -0.25) is 10.5 Å². The van der Waals surface area contributed by atoms with Gasteiger partial charge in [-0.1, -0.05) is 0 Å². The van der Waals surface area contributed by atoms with Crippen LogP contribution in [0.4, 0.5) is 0 Å². The first-order valence-electron chi connectivity index (χ1n) is 1.31. The number of carbonyl (C=O) groups is 2. The molecule has 10 heavy (non-hydrogen) atoms. The molecule has 0 aliphatic rings. The quantitative estimate of drug-likeness (QED) is 0.161. The maximum absolute atomic E-state index is 9.10. The first-order valence-corrected chi connectivity index (χ1v) is 1.31. The maximum atomic E-state index is 9.10. The van der Waals surface area contributed by atoms with Crippen LogP contribution in [-0.4, -0.2) is 32.7 Å². The molecule has 0 aromatic rings. The van der Waals surface area contributed by atoms with Crippen LogP contribution < -0.4 is 6.15 Å². The summed E-state index contributed by atoms with van der Waals surface area (Å²) >= 11 is 0. The molecule has 7 N–H and O–H groups in total. The Morgan fingerprint density at radius 1 is 0.900 bits per heavy atom. The molecule has 0 heterocycles. The van der Waals surface area contributed by atoms with Crippen molar-refractivity contribution in [2.45, 2.75) is 0 Å². The zero-order chi connectivity index (χ0) is 7.15. The molecule has 8 heteroatoms. The van der Waals surface area contributed by atoms with Gasteiger partial charge in [0.1, 0.15) is 0 Å². The van der Waals surface area contributed by atoms with E-state index in [2.05, 4.69) is 0 Å². The van der Waals surface area contributed by atoms with Crippen molar-refractivity contribution in [2.75, 3.05) is 0 Å². The van der Waals surface area contributed by atoms with Crippen molar-refractivity contribution >= 4 is 11.9 Å². The Bertz CT molecular complexity index is 81.7. The van der Waals surface area contributed by atoms with Crippen molar-refractivity contribution in [2.24, 2.45) is 0 Å². The molecule has 7 nitrogen and oxygen atoms in total. The van der Waals surface area contributed by atoms with Gasteiger partial charge in [0.25, 0.3) is 0 Å². The average Bonchev–Trinajstić information content (AvgIpc) is 1.72. The predicted molar refractivity (Wildman–Crippen MR) is 25.6 cm³/mol. The second kappa shape index (κ2) is 15.8. The molecule has 0 aromatic carbocycles. The van der Waals surface area contributed by atoms with Crippen molar-refractivity contribution in [1.29, 1.82) is 0 Å². The van der Waals surface area contributed by atoms with E-state index in [-0.39, 0.29) is 28.5 Å². The Morgan fingerprint density at radius 3 is 1.00 bits per heavy atom. The molecule has 0 rings (SSSR count). The van der Waals surface area contributed by atoms with Gasteiger partial charge in [-0.15, -0.1) is 0 Å². The molecule has 1 radical (unpaired) electrons. The average molecular weight is 234 g/mol. The fraction of sp³-hybridized carbons (Fsp3) is 0. The third kappa shape index (κ3) is 25.7. The van der Waals surface area contributed by atoms with Crippen LogP contribution in [0.5, 0.6) is 0 Å². The molecule has 0 aliphatic carbocycles. The Hall–Kier alpha value is -0.440. The maximum Gasteiger partial charge on any atom is 0.414 e. The summed E-state index contributed by atoms with van der Waals surface area (Å²) in [6, 6.07) is 0. The number of carboxylic acid groups (broad SMARTS) is 2. The van der Waals surface area contributed by atoms with Crippen molar-refractivity contribution in [1.82, 2.24) is 6.15 Å². The summed E-state index contributed by atoms with van der Waals surface area (Å²) in [5.41, 5.74) is 0. The molecular formula is C2H7NNbO6. The number of aliphatic carboxylic acids is 2. The molecular weight excluding hydrogens is 227 g/mol. The van der Waals surface area contributed by atoms with Gasteiger partial charge in [-0.05, 0) is 0 Å². The topological polar surface area (TPSA) is 150 Å². The summed E-state index contributed by atoms with van der Waals surface area (Å²) in [7, 11) is 0. The van der Waals surface area contributed by atoms with Crippen LogP contribution in [-0.2, 0) is 32.0 Å². The monoisotopic (exact) mass is 234 g/mol. The van der Waals surface area contributed by atoms with E-state index in [4.69, 9.17) is 30.3 Å². The van der Waals surface area contributed by atoms with E-state index in [1.54, 1.807) is 0 Å². The van der Waals surface area contributed by atoms with Gasteiger partial charge in [-0.25, -0.2) is 9.59 Å². The van der Waals surface area contributed by atoms with E-state index in [0.717, 1.165) is 0 Å². The summed E-state index contributed by atoms with van der Waals surface area (Å²) < 4.78 is 0. The fourth-order valence-electron chi connectivity index (χ4n) is 0. The SMILES string of the molecule is N.O=C(O)C(=O)O.OO.[Nb]. The van der Waals surface area contributed by atoms with E-state index in [9.17, 15) is 0 Å². The number of hydrogen-bond donors (Lipinski definition) is 5. The van der Waals surface area contributed by atoms with Gasteiger partial charge in [0.2, 0.25) is 0 Å². The van der Waals surface area contributed by atoms with Gasteiger partial charge in [0.15, 0.2) is 0 Å². The normalized spacial score (nSPS) is 5.00. The molecule has 0 aromatic heterocycles. The molecule has 0 spiro atoms. The van der Waals surface area contributed by atoms with Crippen LogP contribution in [0.25, 0.3) is 0 Å². The minimum atomic E-state index is -1.82. The first kappa shape index (κ1) is 22.7. The van der Waals surface area contributed by atoms with Crippen molar-refractivity contribution in [3.8, 4) is 0 Å². The number of rotatable bonds is 0. The molecule has 0 bridgehead atoms. The third-order valence-electron chi connectivity index (χ3n) is 0.183. The van der Waals surface area contributed by atoms with Gasteiger partial charge in [0, 0.05) is 22.4 Å². The van der Waals surface area contributed by atoms with Crippen molar-refractivity contribution in [3.63, 3.8) is 0 Å². The molecule has 0 atom stereocenters. The van der Waals surface area contributed by atoms with Gasteiger partial charge >= 0.3 is 11.9 Å². The number of carboxylic acids is 2. The van der Waals surface area contributed by atoms with E-state index in [1.807, 2.05) is 0 Å². The summed E-state index contributed by atoms with van der Waals surface area (Å²) in [6.07, 6.45) is 0. The fourth-order valence-corrected chi connectivity index (χ4v) is 0. The minimum Gasteiger partial charge on any atom is -0.473 e. The van der Waals surface area contributed by atoms with Crippen LogP contribution in [0.1, 0.15) is 0 Å². The molecule has 0 amide bonds. The van der Waals surface area contributed by atoms with Crippen LogP contribution in [0, 0.1) is 0 Å². The molecule has 0 saturated heterocycles. The van der Waals surface area contributed by atoms with Crippen LogP contribution in [0.15, 0.2) is 0 Å². The summed E-state index contributed by atoms with van der Waals surface area (Å²) in [4.78, 5) is 18.2. The zero-order valence-corrected chi connectivity index (χ0v) is 6.96. The Kier molecular flexibility index (Phi) is 35.9. The summed E-state index contributed by atoms with van der Waals surface area (Å²) in [6.45, 7) is 0. The second-order valence-corrected chi connectivity index (χ2v) is 0.610. The van der Waals surface area contributed by atoms with Crippen molar-refractivity contribution < 1.29 is 52.7 Å². The smallest absolute Gasteiger partial charge is 0.414 e. The summed E-state index contributed by atoms with van der Waals surface area (Å²) in [5, 5.41) is 26.8. The van der Waals surface area contributed by atoms with E-state index in [0.29, 0.717) is 0 Å². The number of hydrogen-bond acceptors (Lipinski definition) is 5. The van der Waals surface area contributed by atoms with Crippen LogP contribution >= 0.6 is 0 Å². The third-order valence-corrected chi connectivity index (χ3v) is 0.183. The molecule has 0 aliphatic heterocycles. The van der Waals surface area contributed by atoms with Gasteiger partial charge in [0.05, 0.1) is 0 Å². The van der Waals surface area contributed by atoms with Gasteiger partial charge < -0.3 is 16.4 Å². The molecule has 0 fully saturated rings. The summed E-state index contributed by atoms with van der Waals surface area (Å²) in [5.74, 6) is -3.65. The Balaban J connectivity index is -0.0000000412. The van der Waals surface area contributed by atoms with E-state index < -0.39 is 11.9 Å². The predicted octanol–water partition coefficient (Wildman–Crippen LogP) is -0.667. The molecule has 0 unspecified atom stereocenters. The van der Waals surface area contributed by atoms with Gasteiger partial charge in [-0.2, -0.15) is 0 Å². The Morgan fingerprint density at radius 2 is 1.00 bits per heavy atom. The van der Waals surface area contributed by atoms with Crippen LogP contribution in [0.3, 0.4) is 0 Å². The first-order chi connectivity index (χ1) is 3.64. The minimum absolute atomic E-state index is 0. The molecule has 0 saturated carbocycles. The Labute approximate surface area is 71.3 Å². The molecule has 61 valence electrons. The van der Waals surface area contributed by atoms with Crippen molar-refractivity contribution in [3.05, 3.63) is 0 Å².